The third-order valence-corrected chi connectivity index (χ3v) is 4.63. The standard InChI is InChI=1S/C18H23ClN4O3/c1-3-25-13(2)18(24)23-10-8-22(9-11-23)12-16-20-17(21-26-16)14-4-6-15(19)7-5-14/h4-7,13H,3,8-12H2,1-2H3. The number of carbonyl (C=O) groups excluding carboxylic acids is 1. The lowest BCUT2D eigenvalue weighted by Gasteiger charge is -2.35. The molecule has 0 radical (unpaired) electrons. The highest BCUT2D eigenvalue weighted by atomic mass is 35.5. The summed E-state index contributed by atoms with van der Waals surface area (Å²) in [6.45, 7) is 7.69. The minimum absolute atomic E-state index is 0.0503. The number of piperazine rings is 1. The Morgan fingerprint density at radius 2 is 1.96 bits per heavy atom. The molecule has 1 aliphatic rings. The van der Waals surface area contributed by atoms with Gasteiger partial charge in [0, 0.05) is 43.4 Å². The highest BCUT2D eigenvalue weighted by molar-refractivity contribution is 6.30. The molecule has 2 heterocycles. The van der Waals surface area contributed by atoms with Crippen LogP contribution in [-0.4, -0.2) is 64.7 Å². The van der Waals surface area contributed by atoms with E-state index in [1.165, 1.54) is 0 Å². The van der Waals surface area contributed by atoms with Gasteiger partial charge in [0.2, 0.25) is 11.7 Å². The third kappa shape index (κ3) is 4.60. The first-order valence-corrected chi connectivity index (χ1v) is 9.16. The number of halogens is 1. The molecule has 1 fully saturated rings. The molecule has 1 amide bonds. The van der Waals surface area contributed by atoms with E-state index in [9.17, 15) is 4.79 Å². The molecule has 1 aromatic carbocycles. The molecule has 8 heteroatoms. The Labute approximate surface area is 157 Å². The molecule has 0 N–H and O–H groups in total. The molecule has 140 valence electrons. The summed E-state index contributed by atoms with van der Waals surface area (Å²) < 4.78 is 10.7. The lowest BCUT2D eigenvalue weighted by Crippen LogP contribution is -2.51. The molecule has 1 saturated heterocycles. The largest absolute Gasteiger partial charge is 0.369 e. The van der Waals surface area contributed by atoms with Crippen LogP contribution in [0.5, 0.6) is 0 Å². The Hall–Kier alpha value is -1.96. The molecule has 0 saturated carbocycles. The molecule has 26 heavy (non-hydrogen) atoms. The van der Waals surface area contributed by atoms with Crippen molar-refractivity contribution in [2.45, 2.75) is 26.5 Å². The Morgan fingerprint density at radius 1 is 1.27 bits per heavy atom. The highest BCUT2D eigenvalue weighted by Gasteiger charge is 2.26. The third-order valence-electron chi connectivity index (χ3n) is 4.38. The van der Waals surface area contributed by atoms with Gasteiger partial charge in [0.25, 0.3) is 5.91 Å². The van der Waals surface area contributed by atoms with Gasteiger partial charge in [-0.05, 0) is 38.1 Å². The van der Waals surface area contributed by atoms with Crippen LogP contribution in [0.4, 0.5) is 0 Å². The second-order valence-electron chi connectivity index (χ2n) is 6.22. The van der Waals surface area contributed by atoms with E-state index >= 15 is 0 Å². The molecule has 0 aliphatic carbocycles. The van der Waals surface area contributed by atoms with Crippen LogP contribution >= 0.6 is 11.6 Å². The maximum absolute atomic E-state index is 12.3. The zero-order valence-corrected chi connectivity index (χ0v) is 15.8. The smallest absolute Gasteiger partial charge is 0.251 e. The van der Waals surface area contributed by atoms with Crippen LogP contribution in [0.25, 0.3) is 11.4 Å². The molecule has 0 spiro atoms. The quantitative estimate of drug-likeness (QED) is 0.768. The number of aromatic nitrogens is 2. The first-order chi connectivity index (χ1) is 12.6. The van der Waals surface area contributed by atoms with E-state index in [2.05, 4.69) is 15.0 Å². The lowest BCUT2D eigenvalue weighted by molar-refractivity contribution is -0.144. The van der Waals surface area contributed by atoms with Crippen molar-refractivity contribution in [2.75, 3.05) is 32.8 Å². The fourth-order valence-corrected chi connectivity index (χ4v) is 3.06. The molecule has 3 rings (SSSR count). The van der Waals surface area contributed by atoms with Crippen LogP contribution in [0, 0.1) is 0 Å². The van der Waals surface area contributed by atoms with Crippen molar-refractivity contribution in [3.05, 3.63) is 35.2 Å². The van der Waals surface area contributed by atoms with Crippen LogP contribution < -0.4 is 0 Å². The Kier molecular flexibility index (Phi) is 6.24. The lowest BCUT2D eigenvalue weighted by atomic mass is 10.2. The van der Waals surface area contributed by atoms with Crippen molar-refractivity contribution in [2.24, 2.45) is 0 Å². The second kappa shape index (κ2) is 8.62. The van der Waals surface area contributed by atoms with Gasteiger partial charge in [-0.1, -0.05) is 16.8 Å². The summed E-state index contributed by atoms with van der Waals surface area (Å²) in [5, 5.41) is 4.70. The number of carbonyl (C=O) groups is 1. The molecule has 1 atom stereocenters. The number of hydrogen-bond donors (Lipinski definition) is 0. The van der Waals surface area contributed by atoms with Gasteiger partial charge in [-0.25, -0.2) is 0 Å². The second-order valence-corrected chi connectivity index (χ2v) is 6.65. The van der Waals surface area contributed by atoms with Gasteiger partial charge in [-0.15, -0.1) is 0 Å². The van der Waals surface area contributed by atoms with Crippen LogP contribution in [0.15, 0.2) is 28.8 Å². The van der Waals surface area contributed by atoms with E-state index in [0.29, 0.717) is 43.0 Å². The van der Waals surface area contributed by atoms with E-state index < -0.39 is 0 Å². The number of rotatable bonds is 6. The van der Waals surface area contributed by atoms with Crippen molar-refractivity contribution in [3.8, 4) is 11.4 Å². The first kappa shape index (κ1) is 18.8. The predicted molar refractivity (Wildman–Crippen MR) is 97.7 cm³/mol. The fourth-order valence-electron chi connectivity index (χ4n) is 2.93. The van der Waals surface area contributed by atoms with Gasteiger partial charge in [0.1, 0.15) is 6.10 Å². The minimum atomic E-state index is -0.385. The number of nitrogens with zero attached hydrogens (tertiary/aromatic N) is 4. The summed E-state index contributed by atoms with van der Waals surface area (Å²) in [5.74, 6) is 1.17. The maximum atomic E-state index is 12.3. The fraction of sp³-hybridized carbons (Fsp3) is 0.500. The monoisotopic (exact) mass is 378 g/mol. The zero-order valence-electron chi connectivity index (χ0n) is 15.0. The summed E-state index contributed by atoms with van der Waals surface area (Å²) in [7, 11) is 0. The Morgan fingerprint density at radius 3 is 2.62 bits per heavy atom. The van der Waals surface area contributed by atoms with Crippen LogP contribution in [0.3, 0.4) is 0 Å². The van der Waals surface area contributed by atoms with Gasteiger partial charge >= 0.3 is 0 Å². The number of amides is 1. The molecule has 1 aliphatic heterocycles. The van der Waals surface area contributed by atoms with Crippen LogP contribution in [0.2, 0.25) is 5.02 Å². The van der Waals surface area contributed by atoms with Gasteiger partial charge in [0.15, 0.2) is 0 Å². The van der Waals surface area contributed by atoms with E-state index in [4.69, 9.17) is 20.9 Å². The van der Waals surface area contributed by atoms with Gasteiger partial charge in [-0.2, -0.15) is 4.98 Å². The average Bonchev–Trinajstić information content (AvgIpc) is 3.11. The summed E-state index contributed by atoms with van der Waals surface area (Å²) in [5.41, 5.74) is 0.865. The normalized spacial score (nSPS) is 16.7. The Balaban J connectivity index is 1.52. The number of ether oxygens (including phenoxy) is 1. The zero-order chi connectivity index (χ0) is 18.5. The van der Waals surface area contributed by atoms with Crippen molar-refractivity contribution in [1.29, 1.82) is 0 Å². The summed E-state index contributed by atoms with van der Waals surface area (Å²) in [4.78, 5) is 20.8. The number of hydrogen-bond acceptors (Lipinski definition) is 6. The van der Waals surface area contributed by atoms with E-state index in [1.54, 1.807) is 19.1 Å². The van der Waals surface area contributed by atoms with E-state index in [-0.39, 0.29) is 12.0 Å². The molecule has 1 aromatic heterocycles. The average molecular weight is 379 g/mol. The topological polar surface area (TPSA) is 71.7 Å². The number of benzene rings is 1. The SMILES string of the molecule is CCOC(C)C(=O)N1CCN(Cc2nc(-c3ccc(Cl)cc3)no2)CC1. The molecule has 7 nitrogen and oxygen atoms in total. The van der Waals surface area contributed by atoms with Crippen molar-refractivity contribution >= 4 is 17.5 Å². The summed E-state index contributed by atoms with van der Waals surface area (Å²) in [6.07, 6.45) is -0.385. The minimum Gasteiger partial charge on any atom is -0.369 e. The summed E-state index contributed by atoms with van der Waals surface area (Å²) >= 11 is 5.90. The first-order valence-electron chi connectivity index (χ1n) is 8.78. The van der Waals surface area contributed by atoms with Crippen LogP contribution in [-0.2, 0) is 16.1 Å². The molecular weight excluding hydrogens is 356 g/mol. The molecule has 1 unspecified atom stereocenters. The van der Waals surface area contributed by atoms with Crippen molar-refractivity contribution in [3.63, 3.8) is 0 Å². The molecule has 2 aromatic rings. The Bertz CT molecular complexity index is 726. The molecular formula is C18H23ClN4O3. The van der Waals surface area contributed by atoms with E-state index in [0.717, 1.165) is 18.7 Å². The predicted octanol–water partition coefficient (Wildman–Crippen LogP) is 2.46. The molecule has 0 bridgehead atoms. The van der Waals surface area contributed by atoms with Gasteiger partial charge in [-0.3, -0.25) is 9.69 Å². The maximum Gasteiger partial charge on any atom is 0.251 e. The van der Waals surface area contributed by atoms with Crippen LogP contribution in [0.1, 0.15) is 19.7 Å². The highest BCUT2D eigenvalue weighted by Crippen LogP contribution is 2.19. The van der Waals surface area contributed by atoms with E-state index in [1.807, 2.05) is 24.0 Å². The summed E-state index contributed by atoms with van der Waals surface area (Å²) in [6, 6.07) is 7.32. The van der Waals surface area contributed by atoms with Gasteiger partial charge in [0.05, 0.1) is 6.54 Å². The van der Waals surface area contributed by atoms with Crippen molar-refractivity contribution < 1.29 is 14.1 Å². The van der Waals surface area contributed by atoms with Gasteiger partial charge < -0.3 is 14.2 Å². The van der Waals surface area contributed by atoms with Crippen molar-refractivity contribution in [1.82, 2.24) is 19.9 Å².